The fourth-order valence-electron chi connectivity index (χ4n) is 5.48. The molecule has 1 unspecified atom stereocenters. The first kappa shape index (κ1) is 25.2. The van der Waals surface area contributed by atoms with Gasteiger partial charge in [-0.15, -0.1) is 0 Å². The number of aliphatic hydroxyl groups is 1. The van der Waals surface area contributed by atoms with E-state index in [0.717, 1.165) is 63.2 Å². The molecular formula is C31H38N2O2S. The molecule has 2 aliphatic heterocycles. The van der Waals surface area contributed by atoms with Crippen molar-refractivity contribution in [3.63, 3.8) is 0 Å². The lowest BCUT2D eigenvalue weighted by Gasteiger charge is -2.36. The molecule has 0 aromatic heterocycles. The third-order valence-corrected chi connectivity index (χ3v) is 8.69. The number of benzene rings is 3. The zero-order chi connectivity index (χ0) is 24.9. The summed E-state index contributed by atoms with van der Waals surface area (Å²) >= 11 is 1.84. The Kier molecular flexibility index (Phi) is 8.20. The molecule has 5 heteroatoms. The molecular weight excluding hydrogens is 464 g/mol. The minimum atomic E-state index is -0.349. The minimum absolute atomic E-state index is 0.349. The lowest BCUT2D eigenvalue weighted by molar-refractivity contribution is 0.0588. The second-order valence-electron chi connectivity index (χ2n) is 9.86. The SMILES string of the molecule is CCOc1ccc2c(c1)Sc1ccccc1N2CCCN1CCC(C(O)c2ccc(CC)cc2)CC1. The fourth-order valence-corrected chi connectivity index (χ4v) is 6.60. The number of piperidine rings is 1. The van der Waals surface area contributed by atoms with Crippen LogP contribution < -0.4 is 9.64 Å². The van der Waals surface area contributed by atoms with E-state index in [1.807, 2.05) is 18.7 Å². The number of rotatable bonds is 9. The molecule has 4 nitrogen and oxygen atoms in total. The summed E-state index contributed by atoms with van der Waals surface area (Å²) < 4.78 is 5.76. The van der Waals surface area contributed by atoms with Crippen LogP contribution in [-0.4, -0.2) is 42.8 Å². The maximum absolute atomic E-state index is 10.9. The Labute approximate surface area is 220 Å². The van der Waals surface area contributed by atoms with Crippen molar-refractivity contribution in [2.75, 3.05) is 37.7 Å². The number of fused-ring (bicyclic) bond motifs is 2. The molecule has 0 radical (unpaired) electrons. The number of hydrogen-bond donors (Lipinski definition) is 1. The molecule has 1 saturated heterocycles. The van der Waals surface area contributed by atoms with Gasteiger partial charge in [0.2, 0.25) is 0 Å². The van der Waals surface area contributed by atoms with E-state index in [0.29, 0.717) is 12.5 Å². The van der Waals surface area contributed by atoms with Crippen molar-refractivity contribution in [1.29, 1.82) is 0 Å². The number of anilines is 2. The Hall–Kier alpha value is -2.47. The van der Waals surface area contributed by atoms with Gasteiger partial charge in [0.05, 0.1) is 24.1 Å². The lowest BCUT2D eigenvalue weighted by Crippen LogP contribution is -2.37. The molecule has 0 bridgehead atoms. The summed E-state index contributed by atoms with van der Waals surface area (Å²) in [4.78, 5) is 7.63. The first-order valence-corrected chi connectivity index (χ1v) is 14.3. The van der Waals surface area contributed by atoms with Gasteiger partial charge in [-0.25, -0.2) is 0 Å². The largest absolute Gasteiger partial charge is 0.494 e. The van der Waals surface area contributed by atoms with Crippen molar-refractivity contribution in [2.45, 2.75) is 55.4 Å². The van der Waals surface area contributed by atoms with Gasteiger partial charge in [-0.1, -0.05) is 55.1 Å². The van der Waals surface area contributed by atoms with Crippen molar-refractivity contribution < 1.29 is 9.84 Å². The first-order valence-electron chi connectivity index (χ1n) is 13.5. The lowest BCUT2D eigenvalue weighted by atomic mass is 9.87. The van der Waals surface area contributed by atoms with Crippen LogP contribution in [0.5, 0.6) is 5.75 Å². The Morgan fingerprint density at radius 1 is 0.917 bits per heavy atom. The standard InChI is InChI=1S/C31H38N2O2S/c1-3-23-10-12-24(13-11-23)31(34)25-16-20-32(21-17-25)18-7-19-33-27-8-5-6-9-29(27)36-30-22-26(35-4-2)14-15-28(30)33/h5-6,8-15,22,25,31,34H,3-4,7,16-21H2,1-2H3. The number of hydrogen-bond acceptors (Lipinski definition) is 5. The summed E-state index contributed by atoms with van der Waals surface area (Å²) in [6, 6.07) is 23.7. The van der Waals surface area contributed by atoms with E-state index < -0.39 is 0 Å². The maximum atomic E-state index is 10.9. The molecule has 0 amide bonds. The monoisotopic (exact) mass is 502 g/mol. The summed E-state index contributed by atoms with van der Waals surface area (Å²) in [6.45, 7) is 9.09. The van der Waals surface area contributed by atoms with Crippen molar-refractivity contribution in [3.8, 4) is 5.75 Å². The Morgan fingerprint density at radius 3 is 2.42 bits per heavy atom. The van der Waals surface area contributed by atoms with Gasteiger partial charge >= 0.3 is 0 Å². The van der Waals surface area contributed by atoms with Crippen LogP contribution >= 0.6 is 11.8 Å². The van der Waals surface area contributed by atoms with Crippen LogP contribution in [0.3, 0.4) is 0 Å². The normalized spacial score (nSPS) is 16.9. The molecule has 36 heavy (non-hydrogen) atoms. The van der Waals surface area contributed by atoms with E-state index in [2.05, 4.69) is 83.5 Å². The summed E-state index contributed by atoms with van der Waals surface area (Å²) in [5, 5.41) is 10.9. The average Bonchev–Trinajstić information content (AvgIpc) is 2.93. The van der Waals surface area contributed by atoms with Crippen LogP contribution in [0.1, 0.15) is 50.3 Å². The Morgan fingerprint density at radius 2 is 1.67 bits per heavy atom. The van der Waals surface area contributed by atoms with Crippen molar-refractivity contribution in [3.05, 3.63) is 77.9 Å². The van der Waals surface area contributed by atoms with Crippen LogP contribution in [0.4, 0.5) is 11.4 Å². The highest BCUT2D eigenvalue weighted by Gasteiger charge is 2.27. The number of aliphatic hydroxyl groups excluding tert-OH is 1. The van der Waals surface area contributed by atoms with E-state index in [4.69, 9.17) is 4.74 Å². The second kappa shape index (κ2) is 11.7. The van der Waals surface area contributed by atoms with E-state index in [1.54, 1.807) is 0 Å². The first-order chi connectivity index (χ1) is 17.7. The van der Waals surface area contributed by atoms with Gasteiger partial charge in [0.1, 0.15) is 5.75 Å². The molecule has 2 heterocycles. The third kappa shape index (κ3) is 5.59. The summed E-state index contributed by atoms with van der Waals surface area (Å²) in [5.41, 5.74) is 4.97. The van der Waals surface area contributed by atoms with Gasteiger partial charge in [0.15, 0.2) is 0 Å². The van der Waals surface area contributed by atoms with Gasteiger partial charge < -0.3 is 19.6 Å². The van der Waals surface area contributed by atoms with Gasteiger partial charge in [-0.05, 0) is 99.6 Å². The van der Waals surface area contributed by atoms with Crippen LogP contribution in [0, 0.1) is 5.92 Å². The molecule has 190 valence electrons. The molecule has 3 aromatic rings. The zero-order valence-corrected chi connectivity index (χ0v) is 22.3. The smallest absolute Gasteiger partial charge is 0.120 e. The zero-order valence-electron chi connectivity index (χ0n) is 21.5. The molecule has 0 spiro atoms. The molecule has 0 aliphatic carbocycles. The summed E-state index contributed by atoms with van der Waals surface area (Å²) in [7, 11) is 0. The fraction of sp³-hybridized carbons (Fsp3) is 0.419. The molecule has 1 N–H and O–H groups in total. The van der Waals surface area contributed by atoms with E-state index in [1.165, 1.54) is 26.7 Å². The predicted molar refractivity (Wildman–Crippen MR) is 150 cm³/mol. The molecule has 1 atom stereocenters. The summed E-state index contributed by atoms with van der Waals surface area (Å²) in [5.74, 6) is 1.29. The Bertz CT molecular complexity index is 1140. The van der Waals surface area contributed by atoms with E-state index in [9.17, 15) is 5.11 Å². The third-order valence-electron chi connectivity index (χ3n) is 7.57. The number of likely N-dealkylation sites (tertiary alicyclic amines) is 1. The molecule has 0 saturated carbocycles. The van der Waals surface area contributed by atoms with E-state index >= 15 is 0 Å². The Balaban J connectivity index is 1.17. The van der Waals surface area contributed by atoms with Crippen molar-refractivity contribution in [2.24, 2.45) is 5.92 Å². The molecule has 5 rings (SSSR count). The highest BCUT2D eigenvalue weighted by molar-refractivity contribution is 7.99. The molecule has 2 aliphatic rings. The van der Waals surface area contributed by atoms with Crippen molar-refractivity contribution >= 4 is 23.1 Å². The van der Waals surface area contributed by atoms with Crippen LogP contribution in [0.15, 0.2) is 76.5 Å². The molecule has 3 aromatic carbocycles. The summed E-state index contributed by atoms with van der Waals surface area (Å²) in [6.07, 6.45) is 3.91. The quantitative estimate of drug-likeness (QED) is 0.338. The van der Waals surface area contributed by atoms with Gasteiger partial charge in [0, 0.05) is 16.3 Å². The maximum Gasteiger partial charge on any atom is 0.120 e. The number of nitrogens with zero attached hydrogens (tertiary/aromatic N) is 2. The number of para-hydroxylation sites is 1. The number of aryl methyl sites for hydroxylation is 1. The van der Waals surface area contributed by atoms with Crippen LogP contribution in [-0.2, 0) is 6.42 Å². The van der Waals surface area contributed by atoms with E-state index in [-0.39, 0.29) is 6.10 Å². The predicted octanol–water partition coefficient (Wildman–Crippen LogP) is 7.09. The second-order valence-corrected chi connectivity index (χ2v) is 10.9. The van der Waals surface area contributed by atoms with Gasteiger partial charge in [-0.2, -0.15) is 0 Å². The van der Waals surface area contributed by atoms with Crippen LogP contribution in [0.2, 0.25) is 0 Å². The van der Waals surface area contributed by atoms with Gasteiger partial charge in [0.25, 0.3) is 0 Å². The van der Waals surface area contributed by atoms with Crippen LogP contribution in [0.25, 0.3) is 0 Å². The molecule has 1 fully saturated rings. The topological polar surface area (TPSA) is 35.9 Å². The minimum Gasteiger partial charge on any atom is -0.494 e. The van der Waals surface area contributed by atoms with Gasteiger partial charge in [-0.3, -0.25) is 0 Å². The highest BCUT2D eigenvalue weighted by Crippen LogP contribution is 2.49. The highest BCUT2D eigenvalue weighted by atomic mass is 32.2. The number of ether oxygens (including phenoxy) is 1. The average molecular weight is 503 g/mol. The van der Waals surface area contributed by atoms with Crippen molar-refractivity contribution in [1.82, 2.24) is 4.90 Å².